The Morgan fingerprint density at radius 1 is 1.33 bits per heavy atom. The van der Waals surface area contributed by atoms with Crippen LogP contribution in [-0.4, -0.2) is 11.2 Å². The van der Waals surface area contributed by atoms with Gasteiger partial charge in [-0.15, -0.1) is 0 Å². The number of hydrogen-bond acceptors (Lipinski definition) is 2. The van der Waals surface area contributed by atoms with Gasteiger partial charge < -0.3 is 14.6 Å². The molecule has 0 unspecified atom stereocenters. The molecule has 0 atom stereocenters. The van der Waals surface area contributed by atoms with E-state index in [1.54, 1.807) is 0 Å². The van der Waals surface area contributed by atoms with Gasteiger partial charge in [0.15, 0.2) is 0 Å². The zero-order chi connectivity index (χ0) is 14.7. The molecule has 0 saturated heterocycles. The summed E-state index contributed by atoms with van der Waals surface area (Å²) in [5.41, 5.74) is 3.89. The Morgan fingerprint density at radius 2 is 2.24 bits per heavy atom. The molecule has 0 fully saturated rings. The largest absolute Gasteiger partial charge is 0.493 e. The second-order valence-corrected chi connectivity index (χ2v) is 6.43. The minimum atomic E-state index is 0.804. The van der Waals surface area contributed by atoms with E-state index in [0.29, 0.717) is 0 Å². The molecular weight excluding hydrogens is 328 g/mol. The molecule has 0 saturated carbocycles. The SMILES string of the molecule is CCCn1ccc(CNCc2cc(Br)cc3c2OCC3)c1. The van der Waals surface area contributed by atoms with Gasteiger partial charge in [0, 0.05) is 48.5 Å². The van der Waals surface area contributed by atoms with Gasteiger partial charge in [0.1, 0.15) is 5.75 Å². The lowest BCUT2D eigenvalue weighted by Crippen LogP contribution is -2.13. The molecule has 0 spiro atoms. The van der Waals surface area contributed by atoms with E-state index in [-0.39, 0.29) is 0 Å². The molecule has 1 N–H and O–H groups in total. The molecule has 3 nitrogen and oxygen atoms in total. The van der Waals surface area contributed by atoms with Crippen molar-refractivity contribution in [1.29, 1.82) is 0 Å². The summed E-state index contributed by atoms with van der Waals surface area (Å²) in [6, 6.07) is 6.50. The number of rotatable bonds is 6. The van der Waals surface area contributed by atoms with Gasteiger partial charge in [0.05, 0.1) is 6.61 Å². The van der Waals surface area contributed by atoms with Gasteiger partial charge >= 0.3 is 0 Å². The molecule has 4 heteroatoms. The number of nitrogens with zero attached hydrogens (tertiary/aromatic N) is 1. The van der Waals surface area contributed by atoms with Crippen LogP contribution in [0.15, 0.2) is 35.1 Å². The third-order valence-electron chi connectivity index (χ3n) is 3.76. The van der Waals surface area contributed by atoms with E-state index in [2.05, 4.69) is 63.3 Å². The van der Waals surface area contributed by atoms with E-state index in [1.807, 2.05) is 0 Å². The zero-order valence-electron chi connectivity index (χ0n) is 12.4. The first-order valence-electron chi connectivity index (χ1n) is 7.55. The van der Waals surface area contributed by atoms with Crippen LogP contribution in [0.3, 0.4) is 0 Å². The molecule has 1 aliphatic rings. The average Bonchev–Trinajstić information content (AvgIpc) is 3.08. The highest BCUT2D eigenvalue weighted by Gasteiger charge is 2.17. The summed E-state index contributed by atoms with van der Waals surface area (Å²) in [6.07, 6.45) is 6.56. The van der Waals surface area contributed by atoms with Gasteiger partial charge in [0.2, 0.25) is 0 Å². The average molecular weight is 349 g/mol. The first kappa shape index (κ1) is 14.7. The van der Waals surface area contributed by atoms with Gasteiger partial charge in [-0.3, -0.25) is 0 Å². The molecule has 0 radical (unpaired) electrons. The predicted molar refractivity (Wildman–Crippen MR) is 88.6 cm³/mol. The molecule has 1 aliphatic heterocycles. The second kappa shape index (κ2) is 6.67. The Labute approximate surface area is 134 Å². The molecule has 0 amide bonds. The van der Waals surface area contributed by atoms with Gasteiger partial charge in [0.25, 0.3) is 0 Å². The molecule has 112 valence electrons. The fourth-order valence-electron chi connectivity index (χ4n) is 2.81. The number of hydrogen-bond donors (Lipinski definition) is 1. The summed E-state index contributed by atoms with van der Waals surface area (Å²) < 4.78 is 9.14. The van der Waals surface area contributed by atoms with Crippen LogP contribution in [0.5, 0.6) is 5.75 Å². The van der Waals surface area contributed by atoms with Crippen LogP contribution >= 0.6 is 15.9 Å². The second-order valence-electron chi connectivity index (χ2n) is 5.51. The normalized spacial score (nSPS) is 13.2. The van der Waals surface area contributed by atoms with Crippen molar-refractivity contribution >= 4 is 15.9 Å². The Balaban J connectivity index is 1.60. The maximum Gasteiger partial charge on any atom is 0.127 e. The van der Waals surface area contributed by atoms with Crippen molar-refractivity contribution in [1.82, 2.24) is 9.88 Å². The Bertz CT molecular complexity index is 621. The summed E-state index contributed by atoms with van der Waals surface area (Å²) in [7, 11) is 0. The lowest BCUT2D eigenvalue weighted by atomic mass is 10.1. The van der Waals surface area contributed by atoms with Crippen LogP contribution in [0.25, 0.3) is 0 Å². The number of benzene rings is 1. The minimum absolute atomic E-state index is 0.804. The topological polar surface area (TPSA) is 26.2 Å². The molecule has 0 bridgehead atoms. The molecule has 3 rings (SSSR count). The highest BCUT2D eigenvalue weighted by molar-refractivity contribution is 9.10. The van der Waals surface area contributed by atoms with Crippen molar-refractivity contribution < 1.29 is 4.74 Å². The van der Waals surface area contributed by atoms with E-state index >= 15 is 0 Å². The van der Waals surface area contributed by atoms with Crippen molar-refractivity contribution in [3.8, 4) is 5.75 Å². The van der Waals surface area contributed by atoms with Crippen molar-refractivity contribution in [3.63, 3.8) is 0 Å². The molecule has 1 aromatic heterocycles. The standard InChI is InChI=1S/C17H21BrN2O/c1-2-5-20-6-3-13(12-20)10-19-11-15-9-16(18)8-14-4-7-21-17(14)15/h3,6,8-9,12,19H,2,4-5,7,10-11H2,1H3. The molecule has 0 aliphatic carbocycles. The molecular formula is C17H21BrN2O. The Kier molecular flexibility index (Phi) is 4.66. The maximum atomic E-state index is 5.76. The molecule has 21 heavy (non-hydrogen) atoms. The maximum absolute atomic E-state index is 5.76. The smallest absolute Gasteiger partial charge is 0.127 e. The summed E-state index contributed by atoms with van der Waals surface area (Å²) in [6.45, 7) is 5.82. The Morgan fingerprint density at radius 3 is 3.10 bits per heavy atom. The quantitative estimate of drug-likeness (QED) is 0.857. The summed E-state index contributed by atoms with van der Waals surface area (Å²) >= 11 is 3.59. The van der Waals surface area contributed by atoms with Crippen molar-refractivity contribution in [2.75, 3.05) is 6.61 Å². The van der Waals surface area contributed by atoms with Gasteiger partial charge in [-0.2, -0.15) is 0 Å². The van der Waals surface area contributed by atoms with Crippen LogP contribution in [0.4, 0.5) is 0 Å². The van der Waals surface area contributed by atoms with Gasteiger partial charge in [-0.05, 0) is 35.7 Å². The summed E-state index contributed by atoms with van der Waals surface area (Å²) in [5.74, 6) is 1.08. The summed E-state index contributed by atoms with van der Waals surface area (Å²) in [4.78, 5) is 0. The predicted octanol–water partition coefficient (Wildman–Crippen LogP) is 3.89. The number of ether oxygens (including phenoxy) is 1. The molecule has 2 aromatic rings. The first-order valence-corrected chi connectivity index (χ1v) is 8.35. The van der Waals surface area contributed by atoms with Crippen molar-refractivity contribution in [2.45, 2.75) is 39.4 Å². The molecule has 2 heterocycles. The lowest BCUT2D eigenvalue weighted by Gasteiger charge is -2.10. The molecule has 1 aromatic carbocycles. The highest BCUT2D eigenvalue weighted by Crippen LogP contribution is 2.32. The minimum Gasteiger partial charge on any atom is -0.493 e. The fraction of sp³-hybridized carbons (Fsp3) is 0.412. The highest BCUT2D eigenvalue weighted by atomic mass is 79.9. The number of aryl methyl sites for hydroxylation is 1. The Hall–Kier alpha value is -1.26. The zero-order valence-corrected chi connectivity index (χ0v) is 13.9. The van der Waals surface area contributed by atoms with Crippen molar-refractivity contribution in [2.24, 2.45) is 0 Å². The van der Waals surface area contributed by atoms with Crippen molar-refractivity contribution in [3.05, 3.63) is 51.8 Å². The summed E-state index contributed by atoms with van der Waals surface area (Å²) in [5, 5.41) is 3.52. The van der Waals surface area contributed by atoms with Crippen LogP contribution < -0.4 is 10.1 Å². The lowest BCUT2D eigenvalue weighted by molar-refractivity contribution is 0.352. The van der Waals surface area contributed by atoms with E-state index < -0.39 is 0 Å². The van der Waals surface area contributed by atoms with Crippen LogP contribution in [0.2, 0.25) is 0 Å². The van der Waals surface area contributed by atoms with E-state index in [4.69, 9.17) is 4.74 Å². The fourth-order valence-corrected chi connectivity index (χ4v) is 3.36. The van der Waals surface area contributed by atoms with Gasteiger partial charge in [-0.1, -0.05) is 22.9 Å². The number of nitrogens with one attached hydrogen (secondary N) is 1. The van der Waals surface area contributed by atoms with E-state index in [1.165, 1.54) is 23.1 Å². The third-order valence-corrected chi connectivity index (χ3v) is 4.22. The monoisotopic (exact) mass is 348 g/mol. The van der Waals surface area contributed by atoms with E-state index in [9.17, 15) is 0 Å². The number of fused-ring (bicyclic) bond motifs is 1. The van der Waals surface area contributed by atoms with E-state index in [0.717, 1.165) is 42.9 Å². The number of aromatic nitrogens is 1. The van der Waals surface area contributed by atoms with Gasteiger partial charge in [-0.25, -0.2) is 0 Å². The first-order chi connectivity index (χ1) is 10.3. The van der Waals surface area contributed by atoms with Crippen LogP contribution in [0, 0.1) is 0 Å². The third kappa shape index (κ3) is 3.50. The van der Waals surface area contributed by atoms with Crippen LogP contribution in [-0.2, 0) is 26.1 Å². The van der Waals surface area contributed by atoms with Crippen LogP contribution in [0.1, 0.15) is 30.0 Å². The number of halogens is 1.